The highest BCUT2D eigenvalue weighted by atomic mass is 16.7. The quantitative estimate of drug-likeness (QED) is 0.868. The monoisotopic (exact) mass is 286 g/mol. The van der Waals surface area contributed by atoms with Crippen LogP contribution in [0.3, 0.4) is 0 Å². The Balaban J connectivity index is 1.73. The maximum absolute atomic E-state index is 6.22. The van der Waals surface area contributed by atoms with Crippen molar-refractivity contribution in [2.45, 2.75) is 57.3 Å². The summed E-state index contributed by atoms with van der Waals surface area (Å²) in [6.07, 6.45) is 5.86. The van der Waals surface area contributed by atoms with Crippen LogP contribution in [-0.4, -0.2) is 23.3 Å². The lowest BCUT2D eigenvalue weighted by molar-refractivity contribution is 0.00578. The molecule has 1 aromatic heterocycles. The number of rotatable bonds is 3. The number of aromatic nitrogens is 1. The highest BCUT2D eigenvalue weighted by molar-refractivity contribution is 6.52. The van der Waals surface area contributed by atoms with E-state index in [4.69, 9.17) is 15.0 Å². The Morgan fingerprint density at radius 2 is 1.81 bits per heavy atom. The minimum absolute atomic E-state index is 0.129. The molecule has 5 heteroatoms. The molecular formula is C16H23BN2O2. The second-order valence-corrected chi connectivity index (χ2v) is 7.11. The summed E-state index contributed by atoms with van der Waals surface area (Å²) in [4.78, 5) is 4.36. The van der Waals surface area contributed by atoms with Crippen LogP contribution >= 0.6 is 0 Å². The van der Waals surface area contributed by atoms with E-state index in [9.17, 15) is 0 Å². The van der Waals surface area contributed by atoms with Gasteiger partial charge in [0.25, 0.3) is 0 Å². The van der Waals surface area contributed by atoms with Crippen LogP contribution in [0.25, 0.3) is 6.08 Å². The van der Waals surface area contributed by atoms with Gasteiger partial charge in [0.15, 0.2) is 0 Å². The number of hydrogen-bond donors (Lipinski definition) is 1. The first kappa shape index (κ1) is 14.8. The lowest BCUT2D eigenvalue weighted by atomic mass is 9.89. The van der Waals surface area contributed by atoms with Gasteiger partial charge in [0, 0.05) is 11.7 Å². The molecule has 0 amide bonds. The number of nitrogens with zero attached hydrogens (tertiary/aromatic N) is 1. The summed E-state index contributed by atoms with van der Waals surface area (Å²) in [5.74, 6) is 1.92. The molecule has 0 aromatic carbocycles. The molecule has 2 N–H and O–H groups in total. The van der Waals surface area contributed by atoms with Crippen LogP contribution in [0.4, 0.5) is 0 Å². The lowest BCUT2D eigenvalue weighted by Gasteiger charge is -2.32. The normalized spacial score (nSPS) is 25.5. The summed E-state index contributed by atoms with van der Waals surface area (Å²) >= 11 is 0. The zero-order valence-electron chi connectivity index (χ0n) is 13.2. The Hall–Kier alpha value is -1.17. The fourth-order valence-corrected chi connectivity index (χ4v) is 2.42. The summed E-state index contributed by atoms with van der Waals surface area (Å²) < 4.78 is 11.9. The van der Waals surface area contributed by atoms with Gasteiger partial charge in [-0.15, -0.1) is 0 Å². The molecule has 1 aliphatic heterocycles. The molecule has 21 heavy (non-hydrogen) atoms. The molecular weight excluding hydrogens is 263 g/mol. The summed E-state index contributed by atoms with van der Waals surface area (Å²) in [6, 6.07) is 4.05. The molecule has 1 saturated carbocycles. The largest absolute Gasteiger partial charge is 0.487 e. The van der Waals surface area contributed by atoms with Gasteiger partial charge in [0.05, 0.1) is 16.9 Å². The topological polar surface area (TPSA) is 57.4 Å². The van der Waals surface area contributed by atoms with Gasteiger partial charge < -0.3 is 15.0 Å². The fourth-order valence-electron chi connectivity index (χ4n) is 2.42. The van der Waals surface area contributed by atoms with Crippen molar-refractivity contribution in [3.05, 3.63) is 35.6 Å². The van der Waals surface area contributed by atoms with Gasteiger partial charge in [-0.2, -0.15) is 0 Å². The van der Waals surface area contributed by atoms with E-state index in [2.05, 4.69) is 11.1 Å². The van der Waals surface area contributed by atoms with Crippen LogP contribution < -0.4 is 5.73 Å². The van der Waals surface area contributed by atoms with Gasteiger partial charge in [-0.1, -0.05) is 5.98 Å². The van der Waals surface area contributed by atoms with Gasteiger partial charge in [-0.3, -0.25) is 4.98 Å². The van der Waals surface area contributed by atoms with Crippen LogP contribution in [0.15, 0.2) is 24.3 Å². The number of pyridine rings is 1. The molecule has 112 valence electrons. The molecule has 0 unspecified atom stereocenters. The highest BCUT2D eigenvalue weighted by Gasteiger charge is 2.50. The number of nitrogens with two attached hydrogens (primary N) is 1. The molecule has 2 aliphatic rings. The van der Waals surface area contributed by atoms with E-state index in [1.165, 1.54) is 0 Å². The van der Waals surface area contributed by atoms with Crippen LogP contribution in [0.2, 0.25) is 0 Å². The summed E-state index contributed by atoms with van der Waals surface area (Å²) in [5, 5.41) is 0. The summed E-state index contributed by atoms with van der Waals surface area (Å²) in [5.41, 5.74) is 7.52. The average molecular weight is 286 g/mol. The van der Waals surface area contributed by atoms with Crippen LogP contribution in [0.1, 0.15) is 51.8 Å². The average Bonchev–Trinajstić information content (AvgIpc) is 3.10. The first-order chi connectivity index (χ1) is 9.72. The second kappa shape index (κ2) is 4.67. The Bertz CT molecular complexity index is 563. The molecule has 1 aliphatic carbocycles. The SMILES string of the molecule is CC1(C)OB(/C=C/c2cc(C3(N)CC3)ccn2)OC1(C)C. The second-order valence-electron chi connectivity index (χ2n) is 7.11. The van der Waals surface area contributed by atoms with E-state index in [1.807, 2.05) is 52.0 Å². The molecule has 4 nitrogen and oxygen atoms in total. The van der Waals surface area contributed by atoms with Gasteiger partial charge in [-0.25, -0.2) is 0 Å². The fraction of sp³-hybridized carbons (Fsp3) is 0.562. The standard InChI is InChI=1S/C16H23BN2O2/c1-14(2)15(3,4)21-17(20-14)9-5-13-11-12(6-10-19-13)16(18)7-8-16/h5-6,9-11H,7-8,18H2,1-4H3/b9-5+. The van der Waals surface area contributed by atoms with E-state index >= 15 is 0 Å². The molecule has 2 fully saturated rings. The zero-order chi connectivity index (χ0) is 15.3. The molecule has 0 spiro atoms. The van der Waals surface area contributed by atoms with E-state index < -0.39 is 0 Å². The first-order valence-electron chi connectivity index (χ1n) is 7.51. The van der Waals surface area contributed by atoms with Crippen LogP contribution in [0.5, 0.6) is 0 Å². The molecule has 1 saturated heterocycles. The number of hydrogen-bond acceptors (Lipinski definition) is 4. The van der Waals surface area contributed by atoms with Gasteiger partial charge in [0.1, 0.15) is 0 Å². The molecule has 2 heterocycles. The van der Waals surface area contributed by atoms with Crippen LogP contribution in [-0.2, 0) is 14.8 Å². The molecule has 1 aromatic rings. The van der Waals surface area contributed by atoms with Crippen molar-refractivity contribution in [1.29, 1.82) is 0 Å². The van der Waals surface area contributed by atoms with Crippen molar-refractivity contribution in [3.63, 3.8) is 0 Å². The Labute approximate surface area is 126 Å². The predicted molar refractivity (Wildman–Crippen MR) is 84.5 cm³/mol. The smallest absolute Gasteiger partial charge is 0.400 e. The summed E-state index contributed by atoms with van der Waals surface area (Å²) in [6.45, 7) is 8.19. The van der Waals surface area contributed by atoms with Gasteiger partial charge in [0.2, 0.25) is 0 Å². The molecule has 0 atom stereocenters. The third kappa shape index (κ3) is 2.78. The first-order valence-corrected chi connectivity index (χ1v) is 7.51. The zero-order valence-corrected chi connectivity index (χ0v) is 13.2. The van der Waals surface area contributed by atoms with E-state index in [0.717, 1.165) is 24.1 Å². The minimum atomic E-state index is -0.340. The van der Waals surface area contributed by atoms with Crippen molar-refractivity contribution < 1.29 is 9.31 Å². The maximum atomic E-state index is 6.22. The van der Waals surface area contributed by atoms with Crippen molar-refractivity contribution in [3.8, 4) is 0 Å². The Morgan fingerprint density at radius 3 is 2.38 bits per heavy atom. The maximum Gasteiger partial charge on any atom is 0.487 e. The molecule has 3 rings (SSSR count). The third-order valence-electron chi connectivity index (χ3n) is 4.84. The molecule has 0 radical (unpaired) electrons. The lowest BCUT2D eigenvalue weighted by Crippen LogP contribution is -2.41. The highest BCUT2D eigenvalue weighted by Crippen LogP contribution is 2.42. The minimum Gasteiger partial charge on any atom is -0.400 e. The van der Waals surface area contributed by atoms with Crippen molar-refractivity contribution in [2.24, 2.45) is 5.73 Å². The third-order valence-corrected chi connectivity index (χ3v) is 4.84. The van der Waals surface area contributed by atoms with Crippen molar-refractivity contribution in [1.82, 2.24) is 4.98 Å². The van der Waals surface area contributed by atoms with E-state index in [0.29, 0.717) is 0 Å². The van der Waals surface area contributed by atoms with Crippen LogP contribution in [0, 0.1) is 0 Å². The Morgan fingerprint density at radius 1 is 1.19 bits per heavy atom. The van der Waals surface area contributed by atoms with Gasteiger partial charge in [-0.05, 0) is 64.3 Å². The van der Waals surface area contributed by atoms with E-state index in [-0.39, 0.29) is 23.9 Å². The summed E-state index contributed by atoms with van der Waals surface area (Å²) in [7, 11) is -0.340. The van der Waals surface area contributed by atoms with Crippen molar-refractivity contribution >= 4 is 13.2 Å². The Kier molecular flexibility index (Phi) is 3.28. The molecule has 0 bridgehead atoms. The predicted octanol–water partition coefficient (Wildman–Crippen LogP) is 2.67. The van der Waals surface area contributed by atoms with Crippen molar-refractivity contribution in [2.75, 3.05) is 0 Å². The van der Waals surface area contributed by atoms with E-state index in [1.54, 1.807) is 0 Å². The van der Waals surface area contributed by atoms with Gasteiger partial charge >= 0.3 is 7.12 Å².